The van der Waals surface area contributed by atoms with Gasteiger partial charge in [0.15, 0.2) is 0 Å². The van der Waals surface area contributed by atoms with Crippen LogP contribution in [0.25, 0.3) is 0 Å². The van der Waals surface area contributed by atoms with Crippen molar-refractivity contribution >= 4 is 13.7 Å². The third-order valence-electron chi connectivity index (χ3n) is 9.87. The van der Waals surface area contributed by atoms with Crippen LogP contribution in [0.2, 0.25) is 0 Å². The molecule has 0 aromatic heterocycles. The summed E-state index contributed by atoms with van der Waals surface area (Å²) in [6, 6.07) is -0.890. The smallest absolute Gasteiger partial charge is 0.268 e. The molecule has 9 heteroatoms. The number of unbranched alkanes of at least 4 members (excludes halogenated alkanes) is 24. The van der Waals surface area contributed by atoms with Crippen molar-refractivity contribution in [2.45, 2.75) is 206 Å². The van der Waals surface area contributed by atoms with E-state index in [1.807, 2.05) is 27.2 Å². The Kier molecular flexibility index (Phi) is 36.4. The van der Waals surface area contributed by atoms with E-state index in [4.69, 9.17) is 9.05 Å². The largest absolute Gasteiger partial charge is 0.756 e. The lowest BCUT2D eigenvalue weighted by atomic mass is 10.0. The summed E-state index contributed by atoms with van der Waals surface area (Å²) in [5.41, 5.74) is 0. The van der Waals surface area contributed by atoms with Gasteiger partial charge < -0.3 is 28.8 Å². The molecular formula is C45H87N2O6P. The van der Waals surface area contributed by atoms with E-state index in [0.29, 0.717) is 17.4 Å². The van der Waals surface area contributed by atoms with Crippen molar-refractivity contribution in [1.29, 1.82) is 0 Å². The fourth-order valence-corrected chi connectivity index (χ4v) is 6.98. The highest BCUT2D eigenvalue weighted by atomic mass is 31.2. The van der Waals surface area contributed by atoms with Gasteiger partial charge in [0.25, 0.3) is 7.82 Å². The third-order valence-corrected chi connectivity index (χ3v) is 10.8. The maximum absolute atomic E-state index is 12.8. The van der Waals surface area contributed by atoms with Gasteiger partial charge >= 0.3 is 0 Å². The number of phosphoric ester groups is 1. The lowest BCUT2D eigenvalue weighted by Gasteiger charge is -2.29. The topological polar surface area (TPSA) is 108 Å². The summed E-state index contributed by atoms with van der Waals surface area (Å²) in [5, 5.41) is 13.8. The zero-order valence-corrected chi connectivity index (χ0v) is 36.8. The summed E-state index contributed by atoms with van der Waals surface area (Å²) in [4.78, 5) is 25.3. The number of rotatable bonds is 40. The van der Waals surface area contributed by atoms with Gasteiger partial charge in [-0.2, -0.15) is 0 Å². The Morgan fingerprint density at radius 1 is 0.648 bits per heavy atom. The number of nitrogens with zero attached hydrogens (tertiary/aromatic N) is 1. The Labute approximate surface area is 334 Å². The highest BCUT2D eigenvalue weighted by molar-refractivity contribution is 7.45. The van der Waals surface area contributed by atoms with Crippen LogP contribution in [0.5, 0.6) is 0 Å². The minimum Gasteiger partial charge on any atom is -0.756 e. The minimum absolute atomic E-state index is 0.00372. The van der Waals surface area contributed by atoms with Crippen LogP contribution in [0.15, 0.2) is 36.5 Å². The summed E-state index contributed by atoms with van der Waals surface area (Å²) < 4.78 is 23.2. The van der Waals surface area contributed by atoms with Gasteiger partial charge in [-0.1, -0.05) is 179 Å². The van der Waals surface area contributed by atoms with Gasteiger partial charge in [-0.3, -0.25) is 9.36 Å². The Bertz CT molecular complexity index is 980. The maximum atomic E-state index is 12.8. The van der Waals surface area contributed by atoms with Crippen molar-refractivity contribution in [3.8, 4) is 0 Å². The summed E-state index contributed by atoms with van der Waals surface area (Å²) in [6.45, 7) is 4.60. The van der Waals surface area contributed by atoms with Gasteiger partial charge in [-0.05, 0) is 44.9 Å². The molecule has 0 aliphatic heterocycles. The number of hydrogen-bond acceptors (Lipinski definition) is 6. The molecule has 54 heavy (non-hydrogen) atoms. The molecule has 0 heterocycles. The van der Waals surface area contributed by atoms with Crippen LogP contribution in [0, 0.1) is 0 Å². The number of amides is 1. The van der Waals surface area contributed by atoms with Crippen LogP contribution in [-0.2, 0) is 18.4 Å². The second-order valence-electron chi connectivity index (χ2n) is 16.4. The van der Waals surface area contributed by atoms with E-state index in [1.54, 1.807) is 6.08 Å². The van der Waals surface area contributed by atoms with Crippen LogP contribution < -0.4 is 10.2 Å². The molecule has 0 spiro atoms. The molecule has 0 fully saturated rings. The van der Waals surface area contributed by atoms with Gasteiger partial charge in [-0.25, -0.2) is 0 Å². The molecule has 0 radical (unpaired) electrons. The molecule has 3 unspecified atom stereocenters. The van der Waals surface area contributed by atoms with Crippen molar-refractivity contribution in [3.05, 3.63) is 36.5 Å². The highest BCUT2D eigenvalue weighted by Gasteiger charge is 2.23. The average Bonchev–Trinajstić information content (AvgIpc) is 3.12. The molecule has 0 saturated heterocycles. The van der Waals surface area contributed by atoms with Gasteiger partial charge in [0.1, 0.15) is 13.2 Å². The van der Waals surface area contributed by atoms with Crippen molar-refractivity contribution in [1.82, 2.24) is 5.32 Å². The van der Waals surface area contributed by atoms with E-state index in [-0.39, 0.29) is 19.1 Å². The number of nitrogens with one attached hydrogen (secondary N) is 1. The summed E-state index contributed by atoms with van der Waals surface area (Å²) in [6.07, 6.45) is 44.7. The number of hydrogen-bond donors (Lipinski definition) is 2. The Morgan fingerprint density at radius 2 is 1.06 bits per heavy atom. The first-order valence-electron chi connectivity index (χ1n) is 22.4. The molecule has 318 valence electrons. The van der Waals surface area contributed by atoms with Crippen molar-refractivity contribution in [2.24, 2.45) is 0 Å². The minimum atomic E-state index is -4.59. The maximum Gasteiger partial charge on any atom is 0.268 e. The predicted octanol–water partition coefficient (Wildman–Crippen LogP) is 11.7. The van der Waals surface area contributed by atoms with Gasteiger partial charge in [-0.15, -0.1) is 0 Å². The first-order chi connectivity index (χ1) is 26.0. The van der Waals surface area contributed by atoms with Gasteiger partial charge in [0.2, 0.25) is 5.91 Å². The summed E-state index contributed by atoms with van der Waals surface area (Å²) >= 11 is 0. The molecule has 0 aromatic carbocycles. The van der Waals surface area contributed by atoms with Gasteiger partial charge in [0, 0.05) is 6.42 Å². The lowest BCUT2D eigenvalue weighted by Crippen LogP contribution is -2.45. The second kappa shape index (κ2) is 37.3. The van der Waals surface area contributed by atoms with Crippen LogP contribution in [-0.4, -0.2) is 68.5 Å². The Morgan fingerprint density at radius 3 is 1.54 bits per heavy atom. The molecule has 0 rings (SSSR count). The lowest BCUT2D eigenvalue weighted by molar-refractivity contribution is -0.870. The van der Waals surface area contributed by atoms with Crippen LogP contribution in [0.1, 0.15) is 194 Å². The third kappa shape index (κ3) is 39.0. The molecular weight excluding hydrogens is 695 g/mol. The first kappa shape index (κ1) is 52.7. The van der Waals surface area contributed by atoms with E-state index in [0.717, 1.165) is 57.8 Å². The normalized spacial score (nSPS) is 14.7. The zero-order valence-electron chi connectivity index (χ0n) is 35.9. The fraction of sp³-hybridized carbons (Fsp3) is 0.844. The SMILES string of the molecule is CCCCC/C=C\C=C/CCCCCCCCC(=O)NC(COP(=O)([O-])OCC[N+](C)(C)C)C(O)/C=C/CCCCCCCCCCCCCCCCC. The highest BCUT2D eigenvalue weighted by Crippen LogP contribution is 2.38. The quantitative estimate of drug-likeness (QED) is 0.0211. The zero-order chi connectivity index (χ0) is 40.0. The van der Waals surface area contributed by atoms with E-state index < -0.39 is 20.0 Å². The van der Waals surface area contributed by atoms with E-state index in [9.17, 15) is 19.4 Å². The van der Waals surface area contributed by atoms with E-state index in [2.05, 4.69) is 43.5 Å². The molecule has 0 saturated carbocycles. The molecule has 1 amide bonds. The van der Waals surface area contributed by atoms with Crippen LogP contribution >= 0.6 is 7.82 Å². The summed E-state index contributed by atoms with van der Waals surface area (Å²) in [5.74, 6) is -0.210. The van der Waals surface area contributed by atoms with Crippen molar-refractivity contribution < 1.29 is 32.9 Å². The molecule has 0 aromatic rings. The number of aliphatic hydroxyl groups excluding tert-OH is 1. The van der Waals surface area contributed by atoms with E-state index >= 15 is 0 Å². The first-order valence-corrected chi connectivity index (χ1v) is 23.8. The standard InChI is InChI=1S/C45H87N2O6P/c1-6-8-10-12-14-16-18-20-22-23-25-26-28-30-32-34-36-38-44(48)43(42-53-54(50,51)52-41-40-47(3,4)5)46-45(49)39-37-35-33-31-29-27-24-21-19-17-15-13-11-9-7-2/h15,17,19,21,36,38,43-44,48H,6-14,16,18,20,22-35,37,39-42H2,1-5H3,(H-,46,49,50,51)/b17-15-,21-19-,38-36+. The monoisotopic (exact) mass is 783 g/mol. The van der Waals surface area contributed by atoms with Gasteiger partial charge in [0.05, 0.1) is 39.9 Å². The summed E-state index contributed by atoms with van der Waals surface area (Å²) in [7, 11) is 1.25. The van der Waals surface area contributed by atoms with Crippen molar-refractivity contribution in [3.63, 3.8) is 0 Å². The number of aliphatic hydroxyl groups is 1. The van der Waals surface area contributed by atoms with Crippen molar-refractivity contribution in [2.75, 3.05) is 40.9 Å². The molecule has 0 aliphatic rings. The molecule has 8 nitrogen and oxygen atoms in total. The Hall–Kier alpha value is -1.28. The van der Waals surface area contributed by atoms with Crippen LogP contribution in [0.3, 0.4) is 0 Å². The Balaban J connectivity index is 4.45. The second-order valence-corrected chi connectivity index (χ2v) is 17.8. The molecule has 3 atom stereocenters. The molecule has 2 N–H and O–H groups in total. The van der Waals surface area contributed by atoms with Crippen LogP contribution in [0.4, 0.5) is 0 Å². The number of phosphoric acid groups is 1. The number of quaternary nitrogens is 1. The fourth-order valence-electron chi connectivity index (χ4n) is 6.26. The molecule has 0 bridgehead atoms. The van der Waals surface area contributed by atoms with E-state index in [1.165, 1.54) is 116 Å². The number of carbonyl (C=O) groups excluding carboxylic acids is 1. The molecule has 0 aliphatic carbocycles. The number of allylic oxidation sites excluding steroid dienone is 5. The average molecular weight is 783 g/mol. The number of likely N-dealkylation sites (N-methyl/N-ethyl adjacent to an activating group) is 1. The predicted molar refractivity (Wildman–Crippen MR) is 228 cm³/mol. The number of carbonyl (C=O) groups is 1.